The number of nitrogens with one attached hydrogen (secondary N) is 6. The molecule has 6 aromatic heterocycles. The molecular weight excluding hydrogens is 1190 g/mol. The van der Waals surface area contributed by atoms with Gasteiger partial charge in [-0.15, -0.1) is 0 Å². The first kappa shape index (κ1) is 64.2. The summed E-state index contributed by atoms with van der Waals surface area (Å²) in [7, 11) is 0. The second kappa shape index (κ2) is 27.5. The monoisotopic (exact) mass is 1280 g/mol. The summed E-state index contributed by atoms with van der Waals surface area (Å²) in [5, 5.41) is 4.47. The average Bonchev–Trinajstić information content (AvgIpc) is 0.708. The molecule has 6 heterocycles. The van der Waals surface area contributed by atoms with Gasteiger partial charge in [0.15, 0.2) is 32.6 Å². The number of H-pyrrole nitrogens is 6. The van der Waals surface area contributed by atoms with Gasteiger partial charge in [0.1, 0.15) is 0 Å². The third-order valence-electron chi connectivity index (χ3n) is 21.2. The summed E-state index contributed by atoms with van der Waals surface area (Å²) in [6, 6.07) is 30.0. The average molecular weight is 1280 g/mol. The molecule has 12 heteroatoms. The fourth-order valence-electron chi connectivity index (χ4n) is 16.0. The highest BCUT2D eigenvalue weighted by molar-refractivity contribution is 6.27. The van der Waals surface area contributed by atoms with Crippen LogP contribution in [0.15, 0.2) is 125 Å². The van der Waals surface area contributed by atoms with E-state index in [0.717, 1.165) is 188 Å². The molecule has 0 saturated heterocycles. The van der Waals surface area contributed by atoms with E-state index >= 15 is 28.8 Å². The molecule has 0 radical (unpaired) electrons. The lowest BCUT2D eigenvalue weighted by Crippen LogP contribution is -2.20. The normalized spacial score (nSPS) is 13.6. The second-order valence-electron chi connectivity index (χ2n) is 28.2. The molecule has 0 saturated carbocycles. The van der Waals surface area contributed by atoms with Crippen molar-refractivity contribution >= 4 is 126 Å². The van der Waals surface area contributed by atoms with Crippen LogP contribution in [0, 0.1) is 0 Å². The lowest BCUT2D eigenvalue weighted by molar-refractivity contribution is 0.630. The number of hydrogen-bond acceptors (Lipinski definition) is 6. The number of unbranched alkanes of at least 4 members (excludes halogenated alkanes) is 14. The van der Waals surface area contributed by atoms with Crippen molar-refractivity contribution in [2.24, 2.45) is 0 Å². The number of rotatable bonds is 26. The van der Waals surface area contributed by atoms with E-state index in [4.69, 9.17) is 0 Å². The Bertz CT molecular complexity index is 5610. The predicted octanol–water partition coefficient (Wildman–Crippen LogP) is 19.7. The quantitative estimate of drug-likeness (QED) is 0.0177. The molecule has 492 valence electrons. The number of allylic oxidation sites excluding steroid dienone is 1. The van der Waals surface area contributed by atoms with Crippen LogP contribution in [0.1, 0.15) is 214 Å². The molecule has 7 aromatic carbocycles. The van der Waals surface area contributed by atoms with Crippen LogP contribution in [0.25, 0.3) is 126 Å². The highest BCUT2D eigenvalue weighted by atomic mass is 16.1. The van der Waals surface area contributed by atoms with E-state index in [-0.39, 0.29) is 38.5 Å². The molecular formula is C84H90N6O6. The number of aromatic nitrogens is 6. The minimum absolute atomic E-state index is 0.0394. The SMILES string of the molecule is CCCCCCC1=Cc2c([nH]c3c(c2=O)c2[nH]c4ccc(CCCCCc5ccc6[nH]c7c8c(=O)c9cc(CCCCCC)ccc9[nH]c8c8c(=O)c9cc(CCCCCC)ccc9[nH]c8c7c(=O)c6c5)cc4c(=O)c2c2[nH]c4ccc(CCCCCC)cc4c(=O)c32)C(C)C1. The topological polar surface area (TPSA) is 197 Å². The first-order valence-corrected chi connectivity index (χ1v) is 36.3. The number of aryl methyl sites for hydroxylation is 5. The fourth-order valence-corrected chi connectivity index (χ4v) is 16.0. The van der Waals surface area contributed by atoms with Gasteiger partial charge < -0.3 is 29.9 Å². The van der Waals surface area contributed by atoms with Gasteiger partial charge in [-0.25, -0.2) is 0 Å². The van der Waals surface area contributed by atoms with Crippen molar-refractivity contribution in [3.63, 3.8) is 0 Å². The van der Waals surface area contributed by atoms with Gasteiger partial charge in [0, 0.05) is 71.7 Å². The van der Waals surface area contributed by atoms with Crippen molar-refractivity contribution in [1.82, 2.24) is 29.9 Å². The van der Waals surface area contributed by atoms with E-state index in [2.05, 4.69) is 101 Å². The van der Waals surface area contributed by atoms with Crippen molar-refractivity contribution < 1.29 is 0 Å². The summed E-state index contributed by atoms with van der Waals surface area (Å²) < 4.78 is 0. The summed E-state index contributed by atoms with van der Waals surface area (Å²) in [6.07, 6.45) is 28.4. The molecule has 12 nitrogen and oxygen atoms in total. The van der Waals surface area contributed by atoms with Crippen LogP contribution in [-0.4, -0.2) is 29.9 Å². The van der Waals surface area contributed by atoms with Gasteiger partial charge in [-0.1, -0.05) is 160 Å². The Balaban J connectivity index is 0.789. The lowest BCUT2D eigenvalue weighted by atomic mass is 9.84. The smallest absolute Gasteiger partial charge is 0.199 e. The fraction of sp³-hybridized carbons (Fsp3) is 0.381. The van der Waals surface area contributed by atoms with Crippen molar-refractivity contribution in [1.29, 1.82) is 0 Å². The summed E-state index contributed by atoms with van der Waals surface area (Å²) >= 11 is 0. The first-order chi connectivity index (χ1) is 46.8. The highest BCUT2D eigenvalue weighted by Gasteiger charge is 2.28. The molecule has 1 aliphatic rings. The number of pyridine rings is 6. The molecule has 1 unspecified atom stereocenters. The molecule has 6 N–H and O–H groups in total. The highest BCUT2D eigenvalue weighted by Crippen LogP contribution is 2.39. The van der Waals surface area contributed by atoms with Gasteiger partial charge in [0.05, 0.1) is 65.4 Å². The standard InChI is InChI=1S/C84H90N6O6/c1-6-10-14-19-25-49-31-36-61-55(42-49)80(92)67-73(85-61)66-74(86-62-37-32-50(26-20-15-11-7-2)43-56(62)79(66)91)68-75(67)87-63-39-34-52(45-57(63)81(68)93)28-23-18-24-29-53-35-40-64-58(46-53)82(94)69-76-70(83(95)59-44-51(27-21-16-12-8-3)33-38-65(59)88-76)78-71(77(69)89-64)84(96)60-47-54(30-22-17-13-9-4)41-48(5)72(60)90-78/h31-40,42-48H,6-30,41H2,1-5H3,(H,85,92)(H,86,91)(H,87,93)(H,88,95)(H,89,94)(H,90,96). The Labute approximate surface area is 557 Å². The third kappa shape index (κ3) is 11.9. The molecule has 0 spiro atoms. The van der Waals surface area contributed by atoms with Gasteiger partial charge in [-0.2, -0.15) is 0 Å². The largest absolute Gasteiger partial charge is 0.357 e. The number of fused-ring (bicyclic) bond motifs is 18. The maximum Gasteiger partial charge on any atom is 0.199 e. The number of hydrogen-bond donors (Lipinski definition) is 6. The van der Waals surface area contributed by atoms with Crippen molar-refractivity contribution in [2.45, 2.75) is 207 Å². The van der Waals surface area contributed by atoms with Crippen LogP contribution in [0.4, 0.5) is 0 Å². The van der Waals surface area contributed by atoms with Crippen LogP contribution in [0.2, 0.25) is 0 Å². The maximum atomic E-state index is 15.4. The van der Waals surface area contributed by atoms with Gasteiger partial charge in [-0.05, 0) is 172 Å². The van der Waals surface area contributed by atoms with Crippen LogP contribution < -0.4 is 32.6 Å². The summed E-state index contributed by atoms with van der Waals surface area (Å²) in [4.78, 5) is 113. The Hall–Kier alpha value is -9.16. The summed E-state index contributed by atoms with van der Waals surface area (Å²) in [5.41, 5.74) is 12.4. The minimum atomic E-state index is -0.249. The second-order valence-corrected chi connectivity index (χ2v) is 28.2. The van der Waals surface area contributed by atoms with E-state index in [9.17, 15) is 0 Å². The van der Waals surface area contributed by atoms with Crippen molar-refractivity contribution in [3.8, 4) is 0 Å². The first-order valence-electron chi connectivity index (χ1n) is 36.3. The predicted molar refractivity (Wildman–Crippen MR) is 404 cm³/mol. The van der Waals surface area contributed by atoms with E-state index in [1.807, 2.05) is 60.7 Å². The lowest BCUT2D eigenvalue weighted by Gasteiger charge is -2.24. The Kier molecular flexibility index (Phi) is 18.4. The Morgan fingerprint density at radius 2 is 0.552 bits per heavy atom. The minimum Gasteiger partial charge on any atom is -0.357 e. The van der Waals surface area contributed by atoms with E-state index in [0.29, 0.717) is 125 Å². The zero-order valence-electron chi connectivity index (χ0n) is 56.6. The molecule has 0 bridgehead atoms. The number of aromatic amines is 6. The maximum absolute atomic E-state index is 15.4. The van der Waals surface area contributed by atoms with Crippen LogP contribution in [0.5, 0.6) is 0 Å². The van der Waals surface area contributed by atoms with Crippen LogP contribution >= 0.6 is 0 Å². The molecule has 13 aromatic rings. The van der Waals surface area contributed by atoms with Gasteiger partial charge in [0.2, 0.25) is 0 Å². The van der Waals surface area contributed by atoms with E-state index in [1.54, 1.807) is 0 Å². The number of benzene rings is 7. The molecule has 96 heavy (non-hydrogen) atoms. The van der Waals surface area contributed by atoms with Gasteiger partial charge >= 0.3 is 0 Å². The van der Waals surface area contributed by atoms with E-state index in [1.165, 1.54) is 18.4 Å². The zero-order valence-corrected chi connectivity index (χ0v) is 56.6. The van der Waals surface area contributed by atoms with Crippen LogP contribution in [-0.2, 0) is 32.1 Å². The van der Waals surface area contributed by atoms with Gasteiger partial charge in [-0.3, -0.25) is 28.8 Å². The Morgan fingerprint density at radius 3 is 0.833 bits per heavy atom. The molecule has 0 fully saturated rings. The van der Waals surface area contributed by atoms with E-state index < -0.39 is 0 Å². The third-order valence-corrected chi connectivity index (χ3v) is 21.2. The van der Waals surface area contributed by atoms with Crippen molar-refractivity contribution in [3.05, 3.63) is 197 Å². The molecule has 1 atom stereocenters. The summed E-state index contributed by atoms with van der Waals surface area (Å²) in [5.74, 6) is 0.0394. The zero-order chi connectivity index (χ0) is 66.3. The molecule has 14 rings (SSSR count). The van der Waals surface area contributed by atoms with Gasteiger partial charge in [0.25, 0.3) is 0 Å². The molecule has 1 aliphatic carbocycles. The molecule has 0 aliphatic heterocycles. The van der Waals surface area contributed by atoms with Crippen molar-refractivity contribution in [2.75, 3.05) is 0 Å². The molecule has 0 amide bonds. The van der Waals surface area contributed by atoms with Crippen LogP contribution in [0.3, 0.4) is 0 Å². The summed E-state index contributed by atoms with van der Waals surface area (Å²) in [6.45, 7) is 11.0. The Morgan fingerprint density at radius 1 is 0.302 bits per heavy atom.